The van der Waals surface area contributed by atoms with Crippen molar-refractivity contribution in [1.82, 2.24) is 5.43 Å². The van der Waals surface area contributed by atoms with Gasteiger partial charge in [-0.05, 0) is 30.5 Å². The number of rotatable bonds is 3. The smallest absolute Gasteiger partial charge is 0.117 e. The summed E-state index contributed by atoms with van der Waals surface area (Å²) < 4.78 is 0. The first-order valence-electron chi connectivity index (χ1n) is 6.85. The molecule has 0 fully saturated rings. The predicted octanol–water partition coefficient (Wildman–Crippen LogP) is 2.65. The number of hydrogen-bond donors (Lipinski definition) is 1. The maximum atomic E-state index is 4.48. The summed E-state index contributed by atoms with van der Waals surface area (Å²) in [6, 6.07) is 8.31. The molecule has 0 aliphatic carbocycles. The molecule has 4 nitrogen and oxygen atoms in total. The van der Waals surface area contributed by atoms with Crippen molar-refractivity contribution in [3.05, 3.63) is 29.8 Å². The first-order valence-corrected chi connectivity index (χ1v) is 6.85. The van der Waals surface area contributed by atoms with E-state index in [-0.39, 0.29) is 0 Å². The topological polar surface area (TPSA) is 40.0 Å². The molecule has 0 saturated heterocycles. The van der Waals surface area contributed by atoms with Gasteiger partial charge in [0.2, 0.25) is 0 Å². The molecule has 1 heterocycles. The van der Waals surface area contributed by atoms with Gasteiger partial charge in [-0.3, -0.25) is 10.4 Å². The third-order valence-electron chi connectivity index (χ3n) is 3.19. The molecule has 0 atom stereocenters. The Morgan fingerprint density at radius 1 is 1.16 bits per heavy atom. The molecular weight excluding hydrogens is 236 g/mol. The lowest BCUT2D eigenvalue weighted by Gasteiger charge is -2.11. The van der Waals surface area contributed by atoms with Gasteiger partial charge in [-0.1, -0.05) is 18.6 Å². The number of aliphatic imine (C=N–C) groups is 1. The third-order valence-corrected chi connectivity index (χ3v) is 3.19. The van der Waals surface area contributed by atoms with E-state index in [0.717, 1.165) is 24.4 Å². The highest BCUT2D eigenvalue weighted by Crippen LogP contribution is 2.11. The number of amidine groups is 1. The second-order valence-corrected chi connectivity index (χ2v) is 5.00. The van der Waals surface area contributed by atoms with E-state index >= 15 is 0 Å². The van der Waals surface area contributed by atoms with E-state index < -0.39 is 0 Å². The number of hydrogen-bond acceptors (Lipinski definition) is 4. The van der Waals surface area contributed by atoms with Crippen molar-refractivity contribution in [2.45, 2.75) is 25.7 Å². The molecule has 102 valence electrons. The monoisotopic (exact) mass is 258 g/mol. The summed E-state index contributed by atoms with van der Waals surface area (Å²) in [6.45, 7) is 0.926. The molecule has 1 aliphatic heterocycles. The van der Waals surface area contributed by atoms with Crippen LogP contribution in [0.2, 0.25) is 0 Å². The zero-order valence-corrected chi connectivity index (χ0v) is 11.8. The minimum absolute atomic E-state index is 0.926. The highest BCUT2D eigenvalue weighted by Gasteiger charge is 2.02. The summed E-state index contributed by atoms with van der Waals surface area (Å²) in [5.74, 6) is 1.01. The van der Waals surface area contributed by atoms with E-state index in [4.69, 9.17) is 0 Å². The number of hydrazone groups is 1. The Hall–Kier alpha value is -1.84. The number of benzene rings is 1. The van der Waals surface area contributed by atoms with E-state index in [1.54, 1.807) is 0 Å². The molecular formula is C15H22N4. The molecule has 1 aromatic rings. The number of anilines is 1. The minimum atomic E-state index is 0.926. The fourth-order valence-corrected chi connectivity index (χ4v) is 2.01. The van der Waals surface area contributed by atoms with Crippen LogP contribution in [0.25, 0.3) is 0 Å². The highest BCUT2D eigenvalue weighted by atomic mass is 15.3. The largest absolute Gasteiger partial charge is 0.378 e. The van der Waals surface area contributed by atoms with Crippen molar-refractivity contribution >= 4 is 17.7 Å². The number of nitrogens with zero attached hydrogens (tertiary/aromatic N) is 3. The lowest BCUT2D eigenvalue weighted by atomic mass is 10.2. The number of nitrogens with one attached hydrogen (secondary N) is 1. The van der Waals surface area contributed by atoms with Gasteiger partial charge in [0.25, 0.3) is 0 Å². The summed E-state index contributed by atoms with van der Waals surface area (Å²) >= 11 is 0. The average molecular weight is 258 g/mol. The quantitative estimate of drug-likeness (QED) is 0.669. The predicted molar refractivity (Wildman–Crippen MR) is 82.3 cm³/mol. The standard InChI is InChI=1S/C15H22N4/c1-19(2)14-9-7-13(8-10-14)12-17-18-15-6-4-3-5-11-16-15/h7-10,12H,3-6,11H2,1-2H3,(H,16,18)/b17-12+. The van der Waals surface area contributed by atoms with Crippen LogP contribution < -0.4 is 10.3 Å². The molecule has 0 unspecified atom stereocenters. The second-order valence-electron chi connectivity index (χ2n) is 5.00. The van der Waals surface area contributed by atoms with Gasteiger partial charge in [0, 0.05) is 32.7 Å². The first kappa shape index (κ1) is 13.6. The van der Waals surface area contributed by atoms with Crippen LogP contribution in [0.3, 0.4) is 0 Å². The van der Waals surface area contributed by atoms with E-state index in [1.165, 1.54) is 24.9 Å². The molecule has 0 bridgehead atoms. The van der Waals surface area contributed by atoms with Crippen LogP contribution in [-0.4, -0.2) is 32.7 Å². The van der Waals surface area contributed by atoms with Crippen LogP contribution in [0.4, 0.5) is 5.69 Å². The average Bonchev–Trinajstić information content (AvgIpc) is 2.68. The van der Waals surface area contributed by atoms with Crippen LogP contribution in [-0.2, 0) is 0 Å². The lowest BCUT2D eigenvalue weighted by molar-refractivity contribution is 0.729. The summed E-state index contributed by atoms with van der Waals surface area (Å²) in [7, 11) is 4.07. The van der Waals surface area contributed by atoms with E-state index in [2.05, 4.69) is 44.7 Å². The molecule has 19 heavy (non-hydrogen) atoms. The highest BCUT2D eigenvalue weighted by molar-refractivity contribution is 5.85. The molecule has 1 N–H and O–H groups in total. The Labute approximate surface area is 115 Å². The second kappa shape index (κ2) is 6.92. The summed E-state index contributed by atoms with van der Waals surface area (Å²) in [4.78, 5) is 6.56. The Balaban J connectivity index is 1.89. The van der Waals surface area contributed by atoms with Crippen molar-refractivity contribution in [3.63, 3.8) is 0 Å². The van der Waals surface area contributed by atoms with E-state index in [1.807, 2.05) is 20.3 Å². The van der Waals surface area contributed by atoms with Gasteiger partial charge in [-0.15, -0.1) is 0 Å². The summed E-state index contributed by atoms with van der Waals surface area (Å²) in [5.41, 5.74) is 5.34. The van der Waals surface area contributed by atoms with Crippen molar-refractivity contribution < 1.29 is 0 Å². The van der Waals surface area contributed by atoms with Gasteiger partial charge in [-0.25, -0.2) is 0 Å². The molecule has 4 heteroatoms. The Kier molecular flexibility index (Phi) is 4.95. The van der Waals surface area contributed by atoms with Crippen LogP contribution in [0.15, 0.2) is 34.4 Å². The lowest BCUT2D eigenvalue weighted by Crippen LogP contribution is -2.17. The third kappa shape index (κ3) is 4.39. The van der Waals surface area contributed by atoms with Gasteiger partial charge in [0.15, 0.2) is 0 Å². The minimum Gasteiger partial charge on any atom is -0.378 e. The van der Waals surface area contributed by atoms with Gasteiger partial charge in [-0.2, -0.15) is 5.10 Å². The van der Waals surface area contributed by atoms with Crippen molar-refractivity contribution in [1.29, 1.82) is 0 Å². The molecule has 1 aliphatic rings. The SMILES string of the molecule is CN(C)c1ccc(/C=N/NC2=NCCCCC2)cc1. The van der Waals surface area contributed by atoms with Crippen LogP contribution in [0, 0.1) is 0 Å². The van der Waals surface area contributed by atoms with Crippen LogP contribution >= 0.6 is 0 Å². The molecule has 2 rings (SSSR count). The van der Waals surface area contributed by atoms with E-state index in [0.29, 0.717) is 0 Å². The Bertz CT molecular complexity index is 446. The zero-order valence-electron chi connectivity index (χ0n) is 11.8. The Morgan fingerprint density at radius 3 is 2.68 bits per heavy atom. The first-order chi connectivity index (χ1) is 9.25. The van der Waals surface area contributed by atoms with Gasteiger partial charge in [0.1, 0.15) is 5.84 Å². The van der Waals surface area contributed by atoms with Gasteiger partial charge in [0.05, 0.1) is 6.21 Å². The molecule has 0 radical (unpaired) electrons. The zero-order chi connectivity index (χ0) is 13.5. The van der Waals surface area contributed by atoms with Gasteiger partial charge < -0.3 is 4.90 Å². The van der Waals surface area contributed by atoms with Crippen molar-refractivity contribution in [2.24, 2.45) is 10.1 Å². The fourth-order valence-electron chi connectivity index (χ4n) is 2.01. The van der Waals surface area contributed by atoms with E-state index in [9.17, 15) is 0 Å². The van der Waals surface area contributed by atoms with Crippen LogP contribution in [0.5, 0.6) is 0 Å². The molecule has 0 spiro atoms. The summed E-state index contributed by atoms with van der Waals surface area (Å²) in [5, 5.41) is 4.26. The molecule has 0 saturated carbocycles. The van der Waals surface area contributed by atoms with Gasteiger partial charge >= 0.3 is 0 Å². The van der Waals surface area contributed by atoms with Crippen molar-refractivity contribution in [2.75, 3.05) is 25.5 Å². The molecule has 0 aromatic heterocycles. The van der Waals surface area contributed by atoms with Crippen molar-refractivity contribution in [3.8, 4) is 0 Å². The maximum Gasteiger partial charge on any atom is 0.117 e. The summed E-state index contributed by atoms with van der Waals surface area (Å²) in [6.07, 6.45) is 6.52. The molecule has 0 amide bonds. The normalized spacial score (nSPS) is 16.0. The Morgan fingerprint density at radius 2 is 1.95 bits per heavy atom. The fraction of sp³-hybridized carbons (Fsp3) is 0.467. The van der Waals surface area contributed by atoms with Crippen LogP contribution in [0.1, 0.15) is 31.2 Å². The maximum absolute atomic E-state index is 4.48. The molecule has 1 aromatic carbocycles.